The van der Waals surface area contributed by atoms with E-state index in [0.717, 1.165) is 10.0 Å². The molecule has 0 radical (unpaired) electrons. The van der Waals surface area contributed by atoms with Crippen LogP contribution in [0.25, 0.3) is 0 Å². The molecule has 2 heterocycles. The Labute approximate surface area is 82.5 Å². The quantitative estimate of drug-likeness (QED) is 0.764. The second kappa shape index (κ2) is 2.64. The molecule has 0 bridgehead atoms. The van der Waals surface area contributed by atoms with Gasteiger partial charge in [0.05, 0.1) is 12.2 Å². The summed E-state index contributed by atoms with van der Waals surface area (Å²) in [5.41, 5.74) is 1.09. The summed E-state index contributed by atoms with van der Waals surface area (Å²) >= 11 is 3.24. The fraction of sp³-hybridized carbons (Fsp3) is 0.375. The van der Waals surface area contributed by atoms with Crippen molar-refractivity contribution in [3.05, 3.63) is 21.9 Å². The van der Waals surface area contributed by atoms with Crippen LogP contribution >= 0.6 is 15.9 Å². The van der Waals surface area contributed by atoms with Gasteiger partial charge >= 0.3 is 5.92 Å². The van der Waals surface area contributed by atoms with Crippen molar-refractivity contribution < 1.29 is 8.78 Å². The van der Waals surface area contributed by atoms with Gasteiger partial charge in [0.25, 0.3) is 0 Å². The molecule has 1 aliphatic rings. The number of hydrogen-bond donors (Lipinski definition) is 1. The van der Waals surface area contributed by atoms with Crippen molar-refractivity contribution >= 4 is 21.6 Å². The fourth-order valence-electron chi connectivity index (χ4n) is 1.36. The van der Waals surface area contributed by atoms with Gasteiger partial charge in [0.15, 0.2) is 0 Å². The molecule has 70 valence electrons. The third kappa shape index (κ3) is 1.22. The summed E-state index contributed by atoms with van der Waals surface area (Å²) in [5, 5.41) is 2.66. The van der Waals surface area contributed by atoms with E-state index in [2.05, 4.69) is 26.2 Å². The first-order valence-corrected chi connectivity index (χ1v) is 4.59. The lowest BCUT2D eigenvalue weighted by Gasteiger charge is -2.07. The normalized spacial score (nSPS) is 18.2. The van der Waals surface area contributed by atoms with Crippen LogP contribution < -0.4 is 5.32 Å². The zero-order valence-corrected chi connectivity index (χ0v) is 8.45. The zero-order valence-electron chi connectivity index (χ0n) is 6.87. The smallest absolute Gasteiger partial charge is 0.308 e. The van der Waals surface area contributed by atoms with Gasteiger partial charge in [-0.3, -0.25) is 4.98 Å². The fourth-order valence-corrected chi connectivity index (χ4v) is 1.66. The van der Waals surface area contributed by atoms with E-state index in [9.17, 15) is 8.78 Å². The van der Waals surface area contributed by atoms with Crippen LogP contribution in [-0.4, -0.2) is 11.5 Å². The van der Waals surface area contributed by atoms with Gasteiger partial charge in [-0.2, -0.15) is 8.78 Å². The monoisotopic (exact) mass is 248 g/mol. The number of nitrogens with zero attached hydrogens (tertiary/aromatic N) is 1. The Kier molecular flexibility index (Phi) is 1.80. The zero-order chi connectivity index (χ0) is 9.64. The average molecular weight is 249 g/mol. The molecule has 0 aromatic carbocycles. The molecule has 2 rings (SSSR count). The minimum Gasteiger partial charge on any atom is -0.377 e. The molecule has 2 nitrogen and oxygen atoms in total. The Morgan fingerprint density at radius 2 is 2.31 bits per heavy atom. The van der Waals surface area contributed by atoms with E-state index in [-0.39, 0.29) is 12.2 Å². The number of rotatable bonds is 0. The predicted octanol–water partition coefficient (Wildman–Crippen LogP) is 2.67. The molecule has 0 fully saturated rings. The molecule has 0 saturated heterocycles. The van der Waals surface area contributed by atoms with Crippen molar-refractivity contribution in [2.24, 2.45) is 0 Å². The third-order valence-electron chi connectivity index (χ3n) is 2.11. The van der Waals surface area contributed by atoms with Gasteiger partial charge in [-0.05, 0) is 28.4 Å². The predicted molar refractivity (Wildman–Crippen MR) is 49.1 cm³/mol. The van der Waals surface area contributed by atoms with Crippen LogP contribution in [0, 0.1) is 6.92 Å². The molecule has 1 aromatic rings. The third-order valence-corrected chi connectivity index (χ3v) is 2.91. The van der Waals surface area contributed by atoms with Gasteiger partial charge < -0.3 is 5.32 Å². The lowest BCUT2D eigenvalue weighted by molar-refractivity contribution is 0.0142. The topological polar surface area (TPSA) is 24.9 Å². The number of hydrogen-bond acceptors (Lipinski definition) is 2. The lowest BCUT2D eigenvalue weighted by atomic mass is 10.2. The molecule has 0 unspecified atom stereocenters. The minimum absolute atomic E-state index is 0.145. The number of pyridine rings is 1. The summed E-state index contributed by atoms with van der Waals surface area (Å²) in [6.45, 7) is 1.42. The summed E-state index contributed by atoms with van der Waals surface area (Å²) < 4.78 is 27.0. The van der Waals surface area contributed by atoms with E-state index in [1.165, 1.54) is 6.20 Å². The van der Waals surface area contributed by atoms with Gasteiger partial charge in [0.1, 0.15) is 5.69 Å². The molecule has 1 aliphatic heterocycles. The summed E-state index contributed by atoms with van der Waals surface area (Å²) in [6.07, 6.45) is 1.41. The van der Waals surface area contributed by atoms with Crippen LogP contribution in [0.3, 0.4) is 0 Å². The van der Waals surface area contributed by atoms with E-state index in [1.807, 2.05) is 0 Å². The number of alkyl halides is 2. The largest absolute Gasteiger partial charge is 0.377 e. The maximum atomic E-state index is 13.1. The van der Waals surface area contributed by atoms with Crippen LogP contribution in [0.15, 0.2) is 10.7 Å². The summed E-state index contributed by atoms with van der Waals surface area (Å²) in [6, 6.07) is 0. The van der Waals surface area contributed by atoms with Crippen molar-refractivity contribution in [1.82, 2.24) is 4.98 Å². The van der Waals surface area contributed by atoms with Gasteiger partial charge in [-0.1, -0.05) is 0 Å². The number of anilines is 1. The maximum absolute atomic E-state index is 13.1. The molecule has 13 heavy (non-hydrogen) atoms. The Morgan fingerprint density at radius 3 is 3.00 bits per heavy atom. The molecule has 5 heteroatoms. The Bertz CT molecular complexity index is 365. The highest BCUT2D eigenvalue weighted by atomic mass is 79.9. The molecule has 1 aromatic heterocycles. The average Bonchev–Trinajstić information content (AvgIpc) is 2.35. The number of fused-ring (bicyclic) bond motifs is 1. The van der Waals surface area contributed by atoms with Crippen LogP contribution in [0.5, 0.6) is 0 Å². The van der Waals surface area contributed by atoms with Crippen LogP contribution in [-0.2, 0) is 5.92 Å². The minimum atomic E-state index is -2.83. The van der Waals surface area contributed by atoms with E-state index >= 15 is 0 Å². The van der Waals surface area contributed by atoms with Crippen molar-refractivity contribution in [1.29, 1.82) is 0 Å². The molecular formula is C8H7BrF2N2. The molecule has 1 N–H and O–H groups in total. The molecule has 0 aliphatic carbocycles. The first-order valence-electron chi connectivity index (χ1n) is 3.79. The van der Waals surface area contributed by atoms with Crippen molar-refractivity contribution in [2.45, 2.75) is 12.8 Å². The Hall–Kier alpha value is -0.710. The summed E-state index contributed by atoms with van der Waals surface area (Å²) in [5.74, 6) is -2.83. The first kappa shape index (κ1) is 8.87. The van der Waals surface area contributed by atoms with Crippen LogP contribution in [0.4, 0.5) is 14.5 Å². The van der Waals surface area contributed by atoms with Crippen molar-refractivity contribution in [3.8, 4) is 0 Å². The SMILES string of the molecule is Cc1c(Br)cnc2c1NCC2(F)F. The van der Waals surface area contributed by atoms with Gasteiger partial charge in [0.2, 0.25) is 0 Å². The van der Waals surface area contributed by atoms with Gasteiger partial charge in [-0.15, -0.1) is 0 Å². The maximum Gasteiger partial charge on any atom is 0.308 e. The van der Waals surface area contributed by atoms with Crippen LogP contribution in [0.2, 0.25) is 0 Å². The summed E-state index contributed by atoms with van der Waals surface area (Å²) in [4.78, 5) is 3.71. The molecule has 0 atom stereocenters. The number of nitrogens with one attached hydrogen (secondary N) is 1. The molecule has 0 spiro atoms. The first-order chi connectivity index (χ1) is 6.02. The van der Waals surface area contributed by atoms with Gasteiger partial charge in [-0.25, -0.2) is 0 Å². The number of aromatic nitrogens is 1. The second-order valence-electron chi connectivity index (χ2n) is 3.01. The highest BCUT2D eigenvalue weighted by Crippen LogP contribution is 2.40. The van der Waals surface area contributed by atoms with Crippen molar-refractivity contribution in [2.75, 3.05) is 11.9 Å². The molecule has 0 saturated carbocycles. The second-order valence-corrected chi connectivity index (χ2v) is 3.87. The van der Waals surface area contributed by atoms with Crippen LogP contribution in [0.1, 0.15) is 11.3 Å². The number of halogens is 3. The van der Waals surface area contributed by atoms with E-state index in [4.69, 9.17) is 0 Å². The summed E-state index contributed by atoms with van der Waals surface area (Å²) in [7, 11) is 0. The molecule has 0 amide bonds. The van der Waals surface area contributed by atoms with E-state index < -0.39 is 5.92 Å². The molecular weight excluding hydrogens is 242 g/mol. The van der Waals surface area contributed by atoms with Crippen molar-refractivity contribution in [3.63, 3.8) is 0 Å². The van der Waals surface area contributed by atoms with E-state index in [1.54, 1.807) is 6.92 Å². The lowest BCUT2D eigenvalue weighted by Crippen LogP contribution is -2.16. The standard InChI is InChI=1S/C8H7BrF2N2/c1-4-5(9)2-12-7-6(4)13-3-8(7,10)11/h2,13H,3H2,1H3. The van der Waals surface area contributed by atoms with Gasteiger partial charge in [0, 0.05) is 10.7 Å². The highest BCUT2D eigenvalue weighted by Gasteiger charge is 2.41. The Morgan fingerprint density at radius 1 is 1.62 bits per heavy atom. The Balaban J connectivity index is 2.64. The van der Waals surface area contributed by atoms with E-state index in [0.29, 0.717) is 5.69 Å². The highest BCUT2D eigenvalue weighted by molar-refractivity contribution is 9.10.